The quantitative estimate of drug-likeness (QED) is 0.204. The number of barbiturate groups is 1. The lowest BCUT2D eigenvalue weighted by Crippen LogP contribution is -2.54. The maximum absolute atomic E-state index is 13.2. The van der Waals surface area contributed by atoms with E-state index in [0.29, 0.717) is 38.6 Å². The highest BCUT2D eigenvalue weighted by Gasteiger charge is 2.36. The molecular weight excluding hydrogens is 613 g/mol. The van der Waals surface area contributed by atoms with Crippen LogP contribution in [0.2, 0.25) is 0 Å². The normalized spacial score (nSPS) is 14.3. The number of hydrogen-bond acceptors (Lipinski definition) is 6. The number of carbonyl (C=O) groups excluding carboxylic acids is 4. The van der Waals surface area contributed by atoms with Gasteiger partial charge in [0.15, 0.2) is 18.1 Å². The number of rotatable bonds is 8. The van der Waals surface area contributed by atoms with Crippen LogP contribution >= 0.6 is 22.6 Å². The minimum absolute atomic E-state index is 0.210. The molecule has 39 heavy (non-hydrogen) atoms. The molecule has 0 aromatic heterocycles. The summed E-state index contributed by atoms with van der Waals surface area (Å²) in [5, 5.41) is 5.03. The summed E-state index contributed by atoms with van der Waals surface area (Å²) in [5.41, 5.74) is 3.47. The number of hydrogen-bond donors (Lipinski definition) is 2. The van der Waals surface area contributed by atoms with Gasteiger partial charge >= 0.3 is 6.03 Å². The summed E-state index contributed by atoms with van der Waals surface area (Å²) in [4.78, 5) is 51.6. The van der Waals surface area contributed by atoms with Gasteiger partial charge in [-0.3, -0.25) is 19.7 Å². The molecule has 1 aliphatic rings. The first kappa shape index (κ1) is 27.8. The second kappa shape index (κ2) is 12.1. The summed E-state index contributed by atoms with van der Waals surface area (Å²) in [5.74, 6) is -1.18. The highest BCUT2D eigenvalue weighted by atomic mass is 127. The van der Waals surface area contributed by atoms with Crippen LogP contribution in [0, 0.1) is 17.4 Å². The maximum atomic E-state index is 13.2. The zero-order valence-electron chi connectivity index (χ0n) is 21.5. The third-order valence-electron chi connectivity index (χ3n) is 5.90. The Kier molecular flexibility index (Phi) is 8.65. The lowest BCUT2D eigenvalue weighted by Gasteiger charge is -2.26. The fourth-order valence-corrected chi connectivity index (χ4v) is 4.65. The molecule has 0 radical (unpaired) electrons. The Morgan fingerprint density at radius 3 is 2.44 bits per heavy atom. The van der Waals surface area contributed by atoms with Gasteiger partial charge in [0.1, 0.15) is 5.57 Å². The average molecular weight is 639 g/mol. The number of ether oxygens (including phenoxy) is 2. The lowest BCUT2D eigenvalue weighted by atomic mass is 10.1. The number of carbonyl (C=O) groups is 4. The number of halogens is 1. The maximum Gasteiger partial charge on any atom is 0.335 e. The van der Waals surface area contributed by atoms with Gasteiger partial charge < -0.3 is 14.8 Å². The molecule has 0 unspecified atom stereocenters. The monoisotopic (exact) mass is 639 g/mol. The van der Waals surface area contributed by atoms with Gasteiger partial charge in [-0.05, 0) is 103 Å². The van der Waals surface area contributed by atoms with Gasteiger partial charge in [0.05, 0.1) is 15.9 Å². The van der Waals surface area contributed by atoms with Crippen molar-refractivity contribution in [2.75, 3.05) is 23.4 Å². The number of para-hydroxylation sites is 1. The molecule has 0 spiro atoms. The molecule has 0 atom stereocenters. The summed E-state index contributed by atoms with van der Waals surface area (Å²) < 4.78 is 12.2. The van der Waals surface area contributed by atoms with Gasteiger partial charge in [-0.1, -0.05) is 24.3 Å². The van der Waals surface area contributed by atoms with E-state index in [1.54, 1.807) is 49.4 Å². The van der Waals surface area contributed by atoms with Crippen LogP contribution in [-0.2, 0) is 14.4 Å². The van der Waals surface area contributed by atoms with E-state index in [2.05, 4.69) is 10.6 Å². The molecule has 4 rings (SSSR count). The zero-order valence-corrected chi connectivity index (χ0v) is 23.7. The van der Waals surface area contributed by atoms with Crippen molar-refractivity contribution in [2.24, 2.45) is 0 Å². The van der Waals surface area contributed by atoms with Gasteiger partial charge in [0.2, 0.25) is 0 Å². The number of nitrogens with one attached hydrogen (secondary N) is 2. The number of imide groups is 2. The molecule has 10 heteroatoms. The third kappa shape index (κ3) is 6.45. The van der Waals surface area contributed by atoms with Crippen molar-refractivity contribution in [1.29, 1.82) is 0 Å². The van der Waals surface area contributed by atoms with Crippen LogP contribution < -0.4 is 25.0 Å². The second-order valence-corrected chi connectivity index (χ2v) is 9.85. The van der Waals surface area contributed by atoms with Crippen molar-refractivity contribution in [3.05, 3.63) is 86.5 Å². The van der Waals surface area contributed by atoms with Crippen LogP contribution in [-0.4, -0.2) is 37.0 Å². The smallest absolute Gasteiger partial charge is 0.335 e. The second-order valence-electron chi connectivity index (χ2n) is 8.69. The molecule has 1 fully saturated rings. The van der Waals surface area contributed by atoms with Crippen LogP contribution in [0.25, 0.3) is 6.08 Å². The van der Waals surface area contributed by atoms with Crippen LogP contribution in [0.4, 0.5) is 16.2 Å². The van der Waals surface area contributed by atoms with E-state index in [-0.39, 0.29) is 18.1 Å². The Bertz CT molecular complexity index is 1490. The average Bonchev–Trinajstić information content (AvgIpc) is 2.89. The molecular formula is C29H26IN3O6. The van der Waals surface area contributed by atoms with Crippen molar-refractivity contribution in [3.8, 4) is 11.5 Å². The molecule has 1 heterocycles. The number of urea groups is 1. The summed E-state index contributed by atoms with van der Waals surface area (Å²) in [6.07, 6.45) is 1.39. The first-order valence-corrected chi connectivity index (χ1v) is 13.2. The summed E-state index contributed by atoms with van der Waals surface area (Å²) in [6, 6.07) is 16.5. The van der Waals surface area contributed by atoms with Crippen LogP contribution in [0.1, 0.15) is 23.6 Å². The molecule has 0 aliphatic carbocycles. The summed E-state index contributed by atoms with van der Waals surface area (Å²) >= 11 is 2.04. The van der Waals surface area contributed by atoms with Gasteiger partial charge in [-0.2, -0.15) is 0 Å². The Labute approximate surface area is 239 Å². The van der Waals surface area contributed by atoms with E-state index < -0.39 is 17.8 Å². The molecule has 2 N–H and O–H groups in total. The van der Waals surface area contributed by atoms with Crippen molar-refractivity contribution < 1.29 is 28.7 Å². The molecule has 3 aromatic rings. The molecule has 3 aromatic carbocycles. The van der Waals surface area contributed by atoms with Gasteiger partial charge in [-0.25, -0.2) is 9.69 Å². The number of amides is 5. The fraction of sp³-hybridized carbons (Fsp3) is 0.172. The molecule has 1 aliphatic heterocycles. The van der Waals surface area contributed by atoms with Crippen molar-refractivity contribution in [3.63, 3.8) is 0 Å². The Morgan fingerprint density at radius 2 is 1.74 bits per heavy atom. The first-order chi connectivity index (χ1) is 18.7. The Balaban J connectivity index is 1.56. The highest BCUT2D eigenvalue weighted by molar-refractivity contribution is 14.1. The highest BCUT2D eigenvalue weighted by Crippen LogP contribution is 2.35. The number of anilines is 2. The minimum Gasteiger partial charge on any atom is -0.490 e. The SMILES string of the molecule is CCOc1cc(/C=C2/C(=O)NC(=O)N(c3ccccc3)C2=O)cc(I)c1OCC(=O)Nc1ccc(C)c(C)c1. The van der Waals surface area contributed by atoms with Crippen LogP contribution in [0.3, 0.4) is 0 Å². The fourth-order valence-electron chi connectivity index (χ4n) is 3.86. The van der Waals surface area contributed by atoms with E-state index >= 15 is 0 Å². The molecule has 9 nitrogen and oxygen atoms in total. The molecule has 5 amide bonds. The lowest BCUT2D eigenvalue weighted by molar-refractivity contribution is -0.122. The largest absolute Gasteiger partial charge is 0.490 e. The first-order valence-electron chi connectivity index (χ1n) is 12.1. The molecule has 200 valence electrons. The topological polar surface area (TPSA) is 114 Å². The number of benzene rings is 3. The Morgan fingerprint density at radius 1 is 1.00 bits per heavy atom. The minimum atomic E-state index is -0.819. The van der Waals surface area contributed by atoms with E-state index in [4.69, 9.17) is 9.47 Å². The number of aryl methyl sites for hydroxylation is 2. The molecule has 0 bridgehead atoms. The van der Waals surface area contributed by atoms with E-state index in [1.165, 1.54) is 6.08 Å². The van der Waals surface area contributed by atoms with Gasteiger partial charge in [0.25, 0.3) is 17.7 Å². The van der Waals surface area contributed by atoms with Gasteiger partial charge in [-0.15, -0.1) is 0 Å². The van der Waals surface area contributed by atoms with Crippen molar-refractivity contribution in [2.45, 2.75) is 20.8 Å². The third-order valence-corrected chi connectivity index (χ3v) is 6.70. The molecule has 1 saturated heterocycles. The molecule has 0 saturated carbocycles. The van der Waals surface area contributed by atoms with E-state index in [0.717, 1.165) is 16.0 Å². The number of nitrogens with zero attached hydrogens (tertiary/aromatic N) is 1. The predicted molar refractivity (Wildman–Crippen MR) is 156 cm³/mol. The van der Waals surface area contributed by atoms with Crippen LogP contribution in [0.5, 0.6) is 11.5 Å². The van der Waals surface area contributed by atoms with Gasteiger partial charge in [0, 0.05) is 5.69 Å². The van der Waals surface area contributed by atoms with E-state index in [9.17, 15) is 19.2 Å². The zero-order chi connectivity index (χ0) is 28.1. The van der Waals surface area contributed by atoms with Crippen molar-refractivity contribution in [1.82, 2.24) is 5.32 Å². The summed E-state index contributed by atoms with van der Waals surface area (Å²) in [7, 11) is 0. The van der Waals surface area contributed by atoms with E-state index in [1.807, 2.05) is 54.6 Å². The van der Waals surface area contributed by atoms with Crippen molar-refractivity contribution >= 4 is 63.8 Å². The summed E-state index contributed by atoms with van der Waals surface area (Å²) in [6.45, 7) is 5.83. The Hall–Kier alpha value is -4.19. The standard InChI is InChI=1S/C29H26IN3O6/c1-4-38-24-15-19(13-22-27(35)32-29(37)33(28(22)36)21-8-6-5-7-9-21)14-23(30)26(24)39-16-25(34)31-20-11-10-17(2)18(3)12-20/h5-15H,4,16H2,1-3H3,(H,31,34)(H,32,35,37)/b22-13-. The van der Waals surface area contributed by atoms with Crippen LogP contribution in [0.15, 0.2) is 66.2 Å². The predicted octanol–water partition coefficient (Wildman–Crippen LogP) is 4.99.